The molecule has 4 atom stereocenters. The summed E-state index contributed by atoms with van der Waals surface area (Å²) >= 11 is 0. The van der Waals surface area contributed by atoms with Gasteiger partial charge in [-0.2, -0.15) is 0 Å². The minimum Gasteiger partial charge on any atom is -0.313 e. The van der Waals surface area contributed by atoms with Crippen molar-refractivity contribution in [3.63, 3.8) is 0 Å². The molecule has 0 heterocycles. The summed E-state index contributed by atoms with van der Waals surface area (Å²) in [5.41, 5.74) is 0. The van der Waals surface area contributed by atoms with Gasteiger partial charge in [0, 0.05) is 18.6 Å². The maximum Gasteiger partial charge on any atom is 0.215 e. The number of nitrogens with one attached hydrogen (secondary N) is 2. The van der Waals surface area contributed by atoms with Gasteiger partial charge in [-0.25, -0.2) is 13.1 Å². The van der Waals surface area contributed by atoms with Crippen LogP contribution in [0.15, 0.2) is 0 Å². The fraction of sp³-hybridized carbons (Fsp3) is 1.00. The van der Waals surface area contributed by atoms with E-state index in [4.69, 9.17) is 0 Å². The molecule has 0 spiro atoms. The van der Waals surface area contributed by atoms with Gasteiger partial charge in [-0.1, -0.05) is 13.8 Å². The number of hydrogen-bond acceptors (Lipinski definition) is 3. The summed E-state index contributed by atoms with van der Waals surface area (Å²) in [4.78, 5) is 0. The van der Waals surface area contributed by atoms with Gasteiger partial charge in [-0.3, -0.25) is 0 Å². The highest BCUT2D eigenvalue weighted by atomic mass is 32.2. The van der Waals surface area contributed by atoms with Crippen LogP contribution in [0.5, 0.6) is 0 Å². The van der Waals surface area contributed by atoms with E-state index in [1.54, 1.807) is 6.92 Å². The van der Waals surface area contributed by atoms with Gasteiger partial charge < -0.3 is 5.32 Å². The Morgan fingerprint density at radius 3 is 2.33 bits per heavy atom. The Labute approximate surface area is 111 Å². The Bertz CT molecular complexity index is 378. The van der Waals surface area contributed by atoms with E-state index in [0.29, 0.717) is 24.4 Å². The van der Waals surface area contributed by atoms with E-state index < -0.39 is 10.0 Å². The average Bonchev–Trinajstić information content (AvgIpc) is 3.09. The van der Waals surface area contributed by atoms with Crippen molar-refractivity contribution in [2.24, 2.45) is 11.8 Å². The summed E-state index contributed by atoms with van der Waals surface area (Å²) in [7, 11) is -3.18. The summed E-state index contributed by atoms with van der Waals surface area (Å²) in [5.74, 6) is 1.07. The molecule has 0 saturated heterocycles. The summed E-state index contributed by atoms with van der Waals surface area (Å²) in [6.07, 6.45) is 4.49. The second kappa shape index (κ2) is 5.47. The van der Waals surface area contributed by atoms with Crippen LogP contribution in [-0.2, 0) is 10.0 Å². The molecule has 5 heteroatoms. The molecule has 0 aromatic rings. The van der Waals surface area contributed by atoms with E-state index in [-0.39, 0.29) is 11.3 Å². The minimum absolute atomic E-state index is 0.133. The lowest BCUT2D eigenvalue weighted by Gasteiger charge is -2.22. The zero-order valence-corrected chi connectivity index (χ0v) is 12.5. The maximum absolute atomic E-state index is 12.2. The van der Waals surface area contributed by atoms with E-state index in [1.165, 1.54) is 12.8 Å². The van der Waals surface area contributed by atoms with Gasteiger partial charge in [0.1, 0.15) is 0 Å². The molecule has 2 aliphatic rings. The zero-order chi connectivity index (χ0) is 13.3. The molecule has 0 aromatic carbocycles. The molecule has 0 radical (unpaired) electrons. The Morgan fingerprint density at radius 2 is 1.83 bits per heavy atom. The van der Waals surface area contributed by atoms with Crippen molar-refractivity contribution in [3.05, 3.63) is 0 Å². The van der Waals surface area contributed by atoms with Gasteiger partial charge in [0.2, 0.25) is 10.0 Å². The molecule has 2 rings (SSSR count). The van der Waals surface area contributed by atoms with Crippen LogP contribution in [0, 0.1) is 11.8 Å². The topological polar surface area (TPSA) is 58.2 Å². The molecule has 2 fully saturated rings. The Balaban J connectivity index is 1.85. The fourth-order valence-electron chi connectivity index (χ4n) is 2.59. The predicted molar refractivity (Wildman–Crippen MR) is 73.9 cm³/mol. The normalized spacial score (nSPS) is 34.7. The van der Waals surface area contributed by atoms with Gasteiger partial charge in [0.05, 0.1) is 5.25 Å². The van der Waals surface area contributed by atoms with Gasteiger partial charge >= 0.3 is 0 Å². The summed E-state index contributed by atoms with van der Waals surface area (Å²) in [6, 6.07) is 0.696. The van der Waals surface area contributed by atoms with Crippen LogP contribution in [0.1, 0.15) is 46.5 Å². The van der Waals surface area contributed by atoms with E-state index >= 15 is 0 Å². The molecule has 106 valence electrons. The summed E-state index contributed by atoms with van der Waals surface area (Å²) in [5, 5.41) is 2.94. The molecule has 2 saturated carbocycles. The molecule has 4 nitrogen and oxygen atoms in total. The Morgan fingerprint density at radius 1 is 1.17 bits per heavy atom. The SMILES string of the molecule is CC1CCC(NS(=O)(=O)C(C)CNC2CC2)C1C. The average molecular weight is 274 g/mol. The highest BCUT2D eigenvalue weighted by Gasteiger charge is 2.34. The van der Waals surface area contributed by atoms with Crippen molar-refractivity contribution >= 4 is 10.0 Å². The van der Waals surface area contributed by atoms with Crippen LogP contribution < -0.4 is 10.0 Å². The van der Waals surface area contributed by atoms with Crippen molar-refractivity contribution < 1.29 is 8.42 Å². The maximum atomic E-state index is 12.2. The molecule has 4 unspecified atom stereocenters. The second-order valence-electron chi connectivity index (χ2n) is 6.18. The molecule has 0 aliphatic heterocycles. The van der Waals surface area contributed by atoms with Crippen molar-refractivity contribution in [1.29, 1.82) is 0 Å². The summed E-state index contributed by atoms with van der Waals surface area (Å²) < 4.78 is 27.4. The third-order valence-electron chi connectivity index (χ3n) is 4.58. The molecule has 2 aliphatic carbocycles. The third-order valence-corrected chi connectivity index (χ3v) is 6.44. The van der Waals surface area contributed by atoms with Gasteiger partial charge in [-0.05, 0) is 44.4 Å². The minimum atomic E-state index is -3.18. The highest BCUT2D eigenvalue weighted by Crippen LogP contribution is 2.31. The molecule has 18 heavy (non-hydrogen) atoms. The largest absolute Gasteiger partial charge is 0.313 e. The van der Waals surface area contributed by atoms with E-state index in [9.17, 15) is 8.42 Å². The first-order chi connectivity index (χ1) is 8.40. The second-order valence-corrected chi connectivity index (χ2v) is 8.31. The van der Waals surface area contributed by atoms with Crippen molar-refractivity contribution in [2.45, 2.75) is 63.8 Å². The number of hydrogen-bond donors (Lipinski definition) is 2. The molecule has 0 aromatic heterocycles. The quantitative estimate of drug-likeness (QED) is 0.771. The standard InChI is InChI=1S/C13H26N2O2S/c1-9-4-7-13(11(9)3)15-18(16,17)10(2)8-14-12-5-6-12/h9-15H,4-8H2,1-3H3. The molecule has 2 N–H and O–H groups in total. The lowest BCUT2D eigenvalue weighted by molar-refractivity contribution is 0.400. The van der Waals surface area contributed by atoms with E-state index in [2.05, 4.69) is 23.9 Å². The lowest BCUT2D eigenvalue weighted by Crippen LogP contribution is -2.45. The summed E-state index contributed by atoms with van der Waals surface area (Å²) in [6.45, 7) is 6.71. The molecule has 0 bridgehead atoms. The van der Waals surface area contributed by atoms with E-state index in [1.807, 2.05) is 0 Å². The van der Waals surface area contributed by atoms with Crippen LogP contribution in [0.25, 0.3) is 0 Å². The van der Waals surface area contributed by atoms with Crippen LogP contribution in [-0.4, -0.2) is 32.3 Å². The van der Waals surface area contributed by atoms with E-state index in [0.717, 1.165) is 12.8 Å². The highest BCUT2D eigenvalue weighted by molar-refractivity contribution is 7.90. The van der Waals surface area contributed by atoms with Crippen molar-refractivity contribution in [2.75, 3.05) is 6.54 Å². The van der Waals surface area contributed by atoms with Crippen LogP contribution in [0.2, 0.25) is 0 Å². The van der Waals surface area contributed by atoms with Crippen LogP contribution >= 0.6 is 0 Å². The first-order valence-electron chi connectivity index (χ1n) is 7.14. The van der Waals surface area contributed by atoms with Crippen molar-refractivity contribution in [3.8, 4) is 0 Å². The smallest absolute Gasteiger partial charge is 0.215 e. The molecular formula is C13H26N2O2S. The van der Waals surface area contributed by atoms with Crippen LogP contribution in [0.4, 0.5) is 0 Å². The van der Waals surface area contributed by atoms with Crippen molar-refractivity contribution in [1.82, 2.24) is 10.0 Å². The van der Waals surface area contributed by atoms with Gasteiger partial charge in [0.15, 0.2) is 0 Å². The molecular weight excluding hydrogens is 248 g/mol. The van der Waals surface area contributed by atoms with Gasteiger partial charge in [0.25, 0.3) is 0 Å². The molecule has 0 amide bonds. The first kappa shape index (κ1) is 14.3. The Kier molecular flexibility index (Phi) is 4.34. The first-order valence-corrected chi connectivity index (χ1v) is 8.69. The lowest BCUT2D eigenvalue weighted by atomic mass is 9.98. The van der Waals surface area contributed by atoms with Gasteiger partial charge in [-0.15, -0.1) is 0 Å². The number of rotatable bonds is 6. The fourth-order valence-corrected chi connectivity index (χ4v) is 3.89. The van der Waals surface area contributed by atoms with Crippen LogP contribution in [0.3, 0.4) is 0 Å². The Hall–Kier alpha value is -0.130. The third kappa shape index (κ3) is 3.45. The monoisotopic (exact) mass is 274 g/mol. The predicted octanol–water partition coefficient (Wildman–Crippen LogP) is 1.48. The number of sulfonamides is 1. The zero-order valence-electron chi connectivity index (χ0n) is 11.6.